The molecular formula is C11H15NO2. The van der Waals surface area contributed by atoms with E-state index in [0.717, 1.165) is 6.54 Å². The Kier molecular flexibility index (Phi) is 2.82. The second kappa shape index (κ2) is 4.09. The molecule has 0 saturated carbocycles. The van der Waals surface area contributed by atoms with E-state index in [-0.39, 0.29) is 0 Å². The van der Waals surface area contributed by atoms with Crippen molar-refractivity contribution in [2.24, 2.45) is 0 Å². The van der Waals surface area contributed by atoms with Gasteiger partial charge < -0.3 is 10.2 Å². The van der Waals surface area contributed by atoms with Gasteiger partial charge in [0.15, 0.2) is 0 Å². The van der Waals surface area contributed by atoms with Crippen LogP contribution in [0.25, 0.3) is 0 Å². The molecule has 76 valence electrons. The van der Waals surface area contributed by atoms with Crippen LogP contribution in [0.3, 0.4) is 0 Å². The first-order valence-corrected chi connectivity index (χ1v) is 4.88. The molecule has 0 aliphatic carbocycles. The molecule has 0 aromatic heterocycles. The van der Waals surface area contributed by atoms with Gasteiger partial charge in [-0.3, -0.25) is 4.90 Å². The molecule has 0 unspecified atom stereocenters. The highest BCUT2D eigenvalue weighted by molar-refractivity contribution is 5.14. The molecule has 3 nitrogen and oxygen atoms in total. The molecule has 1 aromatic rings. The molecule has 2 rings (SSSR count). The molecule has 0 radical (unpaired) electrons. The van der Waals surface area contributed by atoms with Gasteiger partial charge in [0.2, 0.25) is 0 Å². The topological polar surface area (TPSA) is 43.7 Å². The summed E-state index contributed by atoms with van der Waals surface area (Å²) in [6.07, 6.45) is -1.17. The maximum atomic E-state index is 9.35. The maximum absolute atomic E-state index is 9.35. The Hall–Kier alpha value is -0.900. The summed E-state index contributed by atoms with van der Waals surface area (Å²) in [6.45, 7) is 1.93. The SMILES string of the molecule is O[C@@H]1CN(Cc2ccccc2)C[C@@H]1O. The predicted octanol–water partition coefficient (Wildman–Crippen LogP) is 0.224. The van der Waals surface area contributed by atoms with Gasteiger partial charge in [-0.05, 0) is 5.56 Å². The summed E-state index contributed by atoms with van der Waals surface area (Å²) in [6, 6.07) is 10.1. The van der Waals surface area contributed by atoms with Crippen molar-refractivity contribution in [3.63, 3.8) is 0 Å². The zero-order valence-corrected chi connectivity index (χ0v) is 8.00. The summed E-state index contributed by atoms with van der Waals surface area (Å²) in [4.78, 5) is 2.06. The molecule has 14 heavy (non-hydrogen) atoms. The smallest absolute Gasteiger partial charge is 0.0938 e. The lowest BCUT2D eigenvalue weighted by Crippen LogP contribution is -2.22. The zero-order chi connectivity index (χ0) is 9.97. The van der Waals surface area contributed by atoms with Crippen molar-refractivity contribution >= 4 is 0 Å². The minimum absolute atomic E-state index is 0.566. The summed E-state index contributed by atoms with van der Waals surface area (Å²) < 4.78 is 0. The van der Waals surface area contributed by atoms with Crippen molar-refractivity contribution in [2.75, 3.05) is 13.1 Å². The van der Waals surface area contributed by atoms with Crippen LogP contribution in [0.5, 0.6) is 0 Å². The van der Waals surface area contributed by atoms with Crippen LogP contribution in [0, 0.1) is 0 Å². The lowest BCUT2D eigenvalue weighted by atomic mass is 10.2. The second-order valence-corrected chi connectivity index (χ2v) is 3.81. The van der Waals surface area contributed by atoms with Crippen molar-refractivity contribution in [3.05, 3.63) is 35.9 Å². The number of hydrogen-bond acceptors (Lipinski definition) is 3. The third-order valence-electron chi connectivity index (χ3n) is 2.58. The molecule has 2 N–H and O–H groups in total. The molecule has 2 atom stereocenters. The Morgan fingerprint density at radius 3 is 2.21 bits per heavy atom. The Labute approximate surface area is 83.6 Å². The van der Waals surface area contributed by atoms with E-state index in [1.807, 2.05) is 18.2 Å². The fraction of sp³-hybridized carbons (Fsp3) is 0.455. The van der Waals surface area contributed by atoms with Gasteiger partial charge in [0.1, 0.15) is 0 Å². The molecule has 1 aliphatic heterocycles. The van der Waals surface area contributed by atoms with Crippen LogP contribution in [0.4, 0.5) is 0 Å². The number of hydrogen-bond donors (Lipinski definition) is 2. The highest BCUT2D eigenvalue weighted by atomic mass is 16.3. The van der Waals surface area contributed by atoms with E-state index in [4.69, 9.17) is 0 Å². The van der Waals surface area contributed by atoms with E-state index < -0.39 is 12.2 Å². The lowest BCUT2D eigenvalue weighted by molar-refractivity contribution is 0.0572. The monoisotopic (exact) mass is 193 g/mol. The highest BCUT2D eigenvalue weighted by Crippen LogP contribution is 2.13. The van der Waals surface area contributed by atoms with Crippen molar-refractivity contribution in [1.29, 1.82) is 0 Å². The molecule has 3 heteroatoms. The largest absolute Gasteiger partial charge is 0.389 e. The number of aliphatic hydroxyl groups excluding tert-OH is 2. The van der Waals surface area contributed by atoms with Crippen LogP contribution in [0.1, 0.15) is 5.56 Å². The van der Waals surface area contributed by atoms with E-state index >= 15 is 0 Å². The molecule has 0 spiro atoms. The summed E-state index contributed by atoms with van der Waals surface area (Å²) in [7, 11) is 0. The number of β-amino-alcohol motifs (C(OH)–C–C–N with tert-alkyl or cyclic N) is 2. The zero-order valence-electron chi connectivity index (χ0n) is 8.00. The first-order valence-electron chi connectivity index (χ1n) is 4.88. The quantitative estimate of drug-likeness (QED) is 0.706. The van der Waals surface area contributed by atoms with E-state index in [0.29, 0.717) is 13.1 Å². The van der Waals surface area contributed by atoms with Gasteiger partial charge in [-0.25, -0.2) is 0 Å². The maximum Gasteiger partial charge on any atom is 0.0938 e. The Morgan fingerprint density at radius 2 is 1.64 bits per heavy atom. The van der Waals surface area contributed by atoms with Gasteiger partial charge in [0, 0.05) is 19.6 Å². The van der Waals surface area contributed by atoms with Gasteiger partial charge in [-0.15, -0.1) is 0 Å². The molecule has 0 amide bonds. The summed E-state index contributed by atoms with van der Waals surface area (Å²) in [5.74, 6) is 0. The number of benzene rings is 1. The minimum atomic E-state index is -0.585. The lowest BCUT2D eigenvalue weighted by Gasteiger charge is -2.14. The van der Waals surface area contributed by atoms with E-state index in [2.05, 4.69) is 17.0 Å². The number of likely N-dealkylation sites (tertiary alicyclic amines) is 1. The Bertz CT molecular complexity index is 279. The summed E-state index contributed by atoms with van der Waals surface area (Å²) >= 11 is 0. The predicted molar refractivity (Wildman–Crippen MR) is 53.7 cm³/mol. The van der Waals surface area contributed by atoms with Crippen molar-refractivity contribution in [1.82, 2.24) is 4.90 Å². The van der Waals surface area contributed by atoms with Crippen LogP contribution >= 0.6 is 0 Å². The van der Waals surface area contributed by atoms with Crippen LogP contribution in [0.15, 0.2) is 30.3 Å². The van der Waals surface area contributed by atoms with Crippen molar-refractivity contribution in [2.45, 2.75) is 18.8 Å². The molecule has 1 aliphatic rings. The Balaban J connectivity index is 1.94. The fourth-order valence-electron chi connectivity index (χ4n) is 1.82. The van der Waals surface area contributed by atoms with E-state index in [9.17, 15) is 10.2 Å². The normalized spacial score (nSPS) is 28.1. The fourth-order valence-corrected chi connectivity index (χ4v) is 1.82. The molecule has 1 aromatic carbocycles. The van der Waals surface area contributed by atoms with Crippen molar-refractivity contribution < 1.29 is 10.2 Å². The standard InChI is InChI=1S/C11H15NO2/c13-10-7-12(8-11(10)14)6-9-4-2-1-3-5-9/h1-5,10-11,13-14H,6-8H2/t10-,11+. The van der Waals surface area contributed by atoms with E-state index in [1.165, 1.54) is 5.56 Å². The van der Waals surface area contributed by atoms with Crippen molar-refractivity contribution in [3.8, 4) is 0 Å². The second-order valence-electron chi connectivity index (χ2n) is 3.81. The molecule has 1 heterocycles. The molecule has 1 saturated heterocycles. The van der Waals surface area contributed by atoms with E-state index in [1.54, 1.807) is 0 Å². The Morgan fingerprint density at radius 1 is 1.07 bits per heavy atom. The average Bonchev–Trinajstić information content (AvgIpc) is 2.47. The van der Waals surface area contributed by atoms with Crippen LogP contribution in [0.2, 0.25) is 0 Å². The number of rotatable bonds is 2. The van der Waals surface area contributed by atoms with Gasteiger partial charge in [0.05, 0.1) is 12.2 Å². The molecule has 1 fully saturated rings. The third-order valence-corrected chi connectivity index (χ3v) is 2.58. The van der Waals surface area contributed by atoms with Crippen LogP contribution in [-0.4, -0.2) is 40.4 Å². The molecular weight excluding hydrogens is 178 g/mol. The van der Waals surface area contributed by atoms with Crippen LogP contribution < -0.4 is 0 Å². The van der Waals surface area contributed by atoms with Gasteiger partial charge >= 0.3 is 0 Å². The third kappa shape index (κ3) is 2.12. The minimum Gasteiger partial charge on any atom is -0.389 e. The number of nitrogens with zero attached hydrogens (tertiary/aromatic N) is 1. The summed E-state index contributed by atoms with van der Waals surface area (Å²) in [5.41, 5.74) is 1.22. The molecule has 0 bridgehead atoms. The highest BCUT2D eigenvalue weighted by Gasteiger charge is 2.28. The summed E-state index contributed by atoms with van der Waals surface area (Å²) in [5, 5.41) is 18.7. The first kappa shape index (κ1) is 9.65. The van der Waals surface area contributed by atoms with Crippen LogP contribution in [-0.2, 0) is 6.54 Å². The van der Waals surface area contributed by atoms with Gasteiger partial charge in [-0.1, -0.05) is 30.3 Å². The average molecular weight is 193 g/mol. The van der Waals surface area contributed by atoms with Gasteiger partial charge in [-0.2, -0.15) is 0 Å². The first-order chi connectivity index (χ1) is 6.75. The number of aliphatic hydroxyl groups is 2. The van der Waals surface area contributed by atoms with Gasteiger partial charge in [0.25, 0.3) is 0 Å².